The predicted molar refractivity (Wildman–Crippen MR) is 110 cm³/mol. The highest BCUT2D eigenvalue weighted by Crippen LogP contribution is 2.22. The van der Waals surface area contributed by atoms with Crippen LogP contribution < -0.4 is 5.32 Å². The summed E-state index contributed by atoms with van der Waals surface area (Å²) >= 11 is 1.54. The molecule has 3 aromatic rings. The summed E-state index contributed by atoms with van der Waals surface area (Å²) in [5, 5.41) is 8.86. The first-order chi connectivity index (χ1) is 14.2. The van der Waals surface area contributed by atoms with Crippen molar-refractivity contribution in [2.45, 2.75) is 25.7 Å². The fraction of sp³-hybridized carbons (Fsp3) is 0.333. The SMILES string of the molecule is O=C(Nc1ccccc1)C1CCCN(C(=O)CCc2nc(-c3cccs3)no2)C1. The summed E-state index contributed by atoms with van der Waals surface area (Å²) in [6, 6.07) is 13.3. The number of rotatable bonds is 6. The van der Waals surface area contributed by atoms with Crippen LogP contribution in [0.2, 0.25) is 0 Å². The lowest BCUT2D eigenvalue weighted by molar-refractivity contribution is -0.134. The van der Waals surface area contributed by atoms with E-state index in [1.165, 1.54) is 0 Å². The average molecular weight is 410 g/mol. The molecule has 0 radical (unpaired) electrons. The fourth-order valence-corrected chi connectivity index (χ4v) is 4.07. The van der Waals surface area contributed by atoms with Crippen molar-refractivity contribution in [3.63, 3.8) is 0 Å². The lowest BCUT2D eigenvalue weighted by Gasteiger charge is -2.32. The second-order valence-corrected chi connectivity index (χ2v) is 7.97. The van der Waals surface area contributed by atoms with Crippen molar-refractivity contribution >= 4 is 28.8 Å². The number of likely N-dealkylation sites (tertiary alicyclic amines) is 1. The van der Waals surface area contributed by atoms with E-state index in [4.69, 9.17) is 4.52 Å². The van der Waals surface area contributed by atoms with Crippen LogP contribution in [0.4, 0.5) is 5.69 Å². The van der Waals surface area contributed by atoms with Crippen LogP contribution in [0, 0.1) is 5.92 Å². The van der Waals surface area contributed by atoms with Crippen LogP contribution in [0.1, 0.15) is 25.2 Å². The van der Waals surface area contributed by atoms with Crippen LogP contribution in [0.25, 0.3) is 10.7 Å². The van der Waals surface area contributed by atoms with Crippen molar-refractivity contribution in [3.8, 4) is 10.7 Å². The number of para-hydroxylation sites is 1. The maximum Gasteiger partial charge on any atom is 0.229 e. The van der Waals surface area contributed by atoms with Gasteiger partial charge < -0.3 is 14.7 Å². The van der Waals surface area contributed by atoms with E-state index in [1.807, 2.05) is 47.8 Å². The van der Waals surface area contributed by atoms with Gasteiger partial charge in [0, 0.05) is 31.6 Å². The Morgan fingerprint density at radius 1 is 1.21 bits per heavy atom. The van der Waals surface area contributed by atoms with E-state index < -0.39 is 0 Å². The van der Waals surface area contributed by atoms with Crippen LogP contribution in [-0.4, -0.2) is 39.9 Å². The highest BCUT2D eigenvalue weighted by molar-refractivity contribution is 7.13. The van der Waals surface area contributed by atoms with Gasteiger partial charge in [-0.2, -0.15) is 4.98 Å². The van der Waals surface area contributed by atoms with Crippen molar-refractivity contribution < 1.29 is 14.1 Å². The van der Waals surface area contributed by atoms with Crippen LogP contribution in [0.5, 0.6) is 0 Å². The van der Waals surface area contributed by atoms with Gasteiger partial charge in [-0.25, -0.2) is 0 Å². The Bertz CT molecular complexity index is 955. The van der Waals surface area contributed by atoms with E-state index in [9.17, 15) is 9.59 Å². The molecule has 1 atom stereocenters. The van der Waals surface area contributed by atoms with Gasteiger partial charge in [-0.1, -0.05) is 29.4 Å². The number of thiophene rings is 1. The molecule has 0 spiro atoms. The number of nitrogens with one attached hydrogen (secondary N) is 1. The number of benzene rings is 1. The minimum atomic E-state index is -0.193. The predicted octanol–water partition coefficient (Wildman–Crippen LogP) is 3.61. The van der Waals surface area contributed by atoms with E-state index in [2.05, 4.69) is 15.5 Å². The largest absolute Gasteiger partial charge is 0.342 e. The molecule has 3 heterocycles. The fourth-order valence-electron chi connectivity index (χ4n) is 3.42. The normalized spacial score (nSPS) is 16.6. The Kier molecular flexibility index (Phi) is 6.00. The molecular formula is C21H22N4O3S. The molecule has 0 aliphatic carbocycles. The van der Waals surface area contributed by atoms with Crippen LogP contribution in [-0.2, 0) is 16.0 Å². The highest BCUT2D eigenvalue weighted by Gasteiger charge is 2.28. The summed E-state index contributed by atoms with van der Waals surface area (Å²) in [6.45, 7) is 1.13. The molecule has 1 fully saturated rings. The number of anilines is 1. The smallest absolute Gasteiger partial charge is 0.229 e. The Hall–Kier alpha value is -3.00. The van der Waals surface area contributed by atoms with Gasteiger partial charge in [0.1, 0.15) is 0 Å². The van der Waals surface area contributed by atoms with Crippen molar-refractivity contribution in [1.29, 1.82) is 0 Å². The third kappa shape index (κ3) is 4.89. The van der Waals surface area contributed by atoms with Gasteiger partial charge in [-0.3, -0.25) is 9.59 Å². The quantitative estimate of drug-likeness (QED) is 0.671. The number of aromatic nitrogens is 2. The minimum Gasteiger partial charge on any atom is -0.342 e. The van der Waals surface area contributed by atoms with Gasteiger partial charge in [0.25, 0.3) is 0 Å². The average Bonchev–Trinajstić information content (AvgIpc) is 3.45. The van der Waals surface area contributed by atoms with Crippen molar-refractivity contribution in [1.82, 2.24) is 15.0 Å². The molecule has 1 unspecified atom stereocenters. The molecule has 1 aliphatic rings. The Labute approximate surface area is 172 Å². The van der Waals surface area contributed by atoms with E-state index >= 15 is 0 Å². The molecule has 4 rings (SSSR count). The molecule has 0 saturated carbocycles. The van der Waals surface area contributed by atoms with Gasteiger partial charge in [0.05, 0.1) is 10.8 Å². The first-order valence-corrected chi connectivity index (χ1v) is 10.6. The Balaban J connectivity index is 1.29. The van der Waals surface area contributed by atoms with E-state index in [0.717, 1.165) is 23.4 Å². The number of piperidine rings is 1. The molecule has 8 heteroatoms. The van der Waals surface area contributed by atoms with Crippen LogP contribution in [0.15, 0.2) is 52.4 Å². The van der Waals surface area contributed by atoms with Gasteiger partial charge in [0.15, 0.2) is 0 Å². The van der Waals surface area contributed by atoms with Crippen molar-refractivity contribution in [2.24, 2.45) is 5.92 Å². The highest BCUT2D eigenvalue weighted by atomic mass is 32.1. The molecule has 2 aromatic heterocycles. The number of carbonyl (C=O) groups is 2. The first kappa shape index (κ1) is 19.3. The van der Waals surface area contributed by atoms with E-state index in [0.29, 0.717) is 37.6 Å². The topological polar surface area (TPSA) is 88.3 Å². The first-order valence-electron chi connectivity index (χ1n) is 9.69. The summed E-state index contributed by atoms with van der Waals surface area (Å²) in [7, 11) is 0. The van der Waals surface area contributed by atoms with Gasteiger partial charge in [-0.15, -0.1) is 11.3 Å². The van der Waals surface area contributed by atoms with E-state index in [1.54, 1.807) is 16.2 Å². The molecule has 1 aromatic carbocycles. The van der Waals surface area contributed by atoms with E-state index in [-0.39, 0.29) is 17.7 Å². The molecular weight excluding hydrogens is 388 g/mol. The molecule has 1 N–H and O–H groups in total. The molecule has 1 saturated heterocycles. The zero-order valence-electron chi connectivity index (χ0n) is 15.9. The Morgan fingerprint density at radius 2 is 2.07 bits per heavy atom. The number of amides is 2. The summed E-state index contributed by atoms with van der Waals surface area (Å²) in [5.41, 5.74) is 0.777. The third-order valence-corrected chi connectivity index (χ3v) is 5.81. The number of hydrogen-bond acceptors (Lipinski definition) is 6. The number of carbonyl (C=O) groups excluding carboxylic acids is 2. The van der Waals surface area contributed by atoms with Gasteiger partial charge in [-0.05, 0) is 36.4 Å². The second-order valence-electron chi connectivity index (χ2n) is 7.02. The molecule has 0 bridgehead atoms. The standard InChI is InChI=1S/C21H22N4O3S/c26-19(11-10-18-23-20(24-28-18)17-9-5-13-29-17)25-12-4-6-15(14-25)21(27)22-16-7-2-1-3-8-16/h1-3,5,7-9,13,15H,4,6,10-12,14H2,(H,22,27). The maximum absolute atomic E-state index is 12.6. The number of nitrogens with zero attached hydrogens (tertiary/aromatic N) is 3. The zero-order chi connectivity index (χ0) is 20.1. The van der Waals surface area contributed by atoms with Crippen LogP contribution >= 0.6 is 11.3 Å². The molecule has 2 amide bonds. The van der Waals surface area contributed by atoms with Gasteiger partial charge in [0.2, 0.25) is 23.5 Å². The number of aryl methyl sites for hydroxylation is 1. The summed E-state index contributed by atoms with van der Waals surface area (Å²) in [4.78, 5) is 32.3. The Morgan fingerprint density at radius 3 is 2.86 bits per heavy atom. The monoisotopic (exact) mass is 410 g/mol. The van der Waals surface area contributed by atoms with Crippen LogP contribution in [0.3, 0.4) is 0 Å². The zero-order valence-corrected chi connectivity index (χ0v) is 16.7. The van der Waals surface area contributed by atoms with Crippen molar-refractivity contribution in [3.05, 3.63) is 53.7 Å². The van der Waals surface area contributed by atoms with Gasteiger partial charge >= 0.3 is 0 Å². The summed E-state index contributed by atoms with van der Waals surface area (Å²) in [5.74, 6) is 0.793. The molecule has 150 valence electrons. The summed E-state index contributed by atoms with van der Waals surface area (Å²) < 4.78 is 5.26. The lowest BCUT2D eigenvalue weighted by Crippen LogP contribution is -2.43. The van der Waals surface area contributed by atoms with Crippen molar-refractivity contribution in [2.75, 3.05) is 18.4 Å². The molecule has 29 heavy (non-hydrogen) atoms. The minimum absolute atomic E-state index is 0.0121. The number of hydrogen-bond donors (Lipinski definition) is 1. The maximum atomic E-state index is 12.6. The molecule has 1 aliphatic heterocycles. The molecule has 7 nitrogen and oxygen atoms in total. The second kappa shape index (κ2) is 9.00. The lowest BCUT2D eigenvalue weighted by atomic mass is 9.96. The summed E-state index contributed by atoms with van der Waals surface area (Å²) in [6.07, 6.45) is 2.30. The third-order valence-electron chi connectivity index (χ3n) is 4.95.